The molecular weight excluding hydrogens is 152 g/mol. The van der Waals surface area contributed by atoms with Gasteiger partial charge in [0.05, 0.1) is 0 Å². The zero-order chi connectivity index (χ0) is 8.60. The zero-order valence-electron chi connectivity index (χ0n) is 7.31. The third-order valence-electron chi connectivity index (χ3n) is 3.21. The Labute approximate surface area is 72.7 Å². The minimum atomic E-state index is -0.0594. The van der Waals surface area contributed by atoms with Gasteiger partial charge in [-0.1, -0.05) is 0 Å². The van der Waals surface area contributed by atoms with Gasteiger partial charge in [-0.25, -0.2) is 0 Å². The lowest BCUT2D eigenvalue weighted by molar-refractivity contribution is -0.124. The molecule has 0 radical (unpaired) electrons. The maximum atomic E-state index is 11.1. The van der Waals surface area contributed by atoms with Gasteiger partial charge in [-0.15, -0.1) is 0 Å². The molecule has 3 heteroatoms. The number of carbonyl (C=O) groups is 1. The molecule has 2 aliphatic rings. The Bertz CT molecular complexity index is 199. The predicted octanol–water partition coefficient (Wildman–Crippen LogP) is 0.536. The summed E-state index contributed by atoms with van der Waals surface area (Å²) in [5, 5.41) is 2.99. The van der Waals surface area contributed by atoms with Crippen LogP contribution in [0.3, 0.4) is 0 Å². The second-order valence-corrected chi connectivity index (χ2v) is 4.10. The van der Waals surface area contributed by atoms with Crippen LogP contribution in [-0.4, -0.2) is 17.5 Å². The van der Waals surface area contributed by atoms with Crippen LogP contribution in [0.25, 0.3) is 0 Å². The number of nitrogens with one attached hydrogen (secondary N) is 1. The van der Waals surface area contributed by atoms with Gasteiger partial charge < -0.3 is 11.1 Å². The number of amides is 1. The molecule has 0 aromatic carbocycles. The van der Waals surface area contributed by atoms with Crippen LogP contribution in [0.1, 0.15) is 38.5 Å². The second-order valence-electron chi connectivity index (χ2n) is 4.10. The zero-order valence-corrected chi connectivity index (χ0v) is 7.31. The standard InChI is InChI=1S/C9H16N2O/c10-9(5-2-6-9)7-3-1-4-8(12)11-7/h7H,1-6,10H2,(H,11,12). The lowest BCUT2D eigenvalue weighted by Gasteiger charge is -2.46. The van der Waals surface area contributed by atoms with Crippen LogP contribution in [0.15, 0.2) is 0 Å². The van der Waals surface area contributed by atoms with Crippen molar-refractivity contribution < 1.29 is 4.79 Å². The molecule has 3 N–H and O–H groups in total. The highest BCUT2D eigenvalue weighted by Crippen LogP contribution is 2.35. The monoisotopic (exact) mass is 168 g/mol. The smallest absolute Gasteiger partial charge is 0.220 e. The van der Waals surface area contributed by atoms with Crippen molar-refractivity contribution in [3.8, 4) is 0 Å². The molecule has 1 atom stereocenters. The fourth-order valence-electron chi connectivity index (χ4n) is 2.17. The highest BCUT2D eigenvalue weighted by atomic mass is 16.1. The fraction of sp³-hybridized carbons (Fsp3) is 0.889. The molecule has 0 aromatic rings. The molecule has 1 aliphatic heterocycles. The van der Waals surface area contributed by atoms with Gasteiger partial charge in [0.15, 0.2) is 0 Å². The van der Waals surface area contributed by atoms with Crippen molar-refractivity contribution in [1.82, 2.24) is 5.32 Å². The van der Waals surface area contributed by atoms with Gasteiger partial charge in [0.1, 0.15) is 0 Å². The average molecular weight is 168 g/mol. The van der Waals surface area contributed by atoms with Crippen LogP contribution in [0.4, 0.5) is 0 Å². The molecule has 1 saturated carbocycles. The van der Waals surface area contributed by atoms with Crippen molar-refractivity contribution in [2.75, 3.05) is 0 Å². The van der Waals surface area contributed by atoms with Crippen LogP contribution in [0, 0.1) is 0 Å². The molecule has 12 heavy (non-hydrogen) atoms. The van der Waals surface area contributed by atoms with Crippen LogP contribution in [-0.2, 0) is 4.79 Å². The van der Waals surface area contributed by atoms with Gasteiger partial charge in [-0.3, -0.25) is 4.79 Å². The van der Waals surface area contributed by atoms with E-state index in [0.717, 1.165) is 25.7 Å². The van der Waals surface area contributed by atoms with E-state index in [1.165, 1.54) is 6.42 Å². The van der Waals surface area contributed by atoms with Gasteiger partial charge >= 0.3 is 0 Å². The van der Waals surface area contributed by atoms with Crippen molar-refractivity contribution in [2.24, 2.45) is 5.73 Å². The first-order valence-corrected chi connectivity index (χ1v) is 4.79. The van der Waals surface area contributed by atoms with E-state index in [0.29, 0.717) is 6.42 Å². The Morgan fingerprint density at radius 3 is 2.67 bits per heavy atom. The van der Waals surface area contributed by atoms with E-state index in [2.05, 4.69) is 5.32 Å². The highest BCUT2D eigenvalue weighted by Gasteiger charge is 2.41. The van der Waals surface area contributed by atoms with Crippen LogP contribution in [0.5, 0.6) is 0 Å². The maximum absolute atomic E-state index is 11.1. The van der Waals surface area contributed by atoms with Crippen LogP contribution < -0.4 is 11.1 Å². The third-order valence-corrected chi connectivity index (χ3v) is 3.21. The molecule has 1 amide bonds. The summed E-state index contributed by atoms with van der Waals surface area (Å²) in [7, 11) is 0. The molecule has 3 nitrogen and oxygen atoms in total. The van der Waals surface area contributed by atoms with Gasteiger partial charge in [-0.05, 0) is 32.1 Å². The van der Waals surface area contributed by atoms with Crippen LogP contribution >= 0.6 is 0 Å². The van der Waals surface area contributed by atoms with E-state index in [4.69, 9.17) is 5.73 Å². The first-order valence-electron chi connectivity index (χ1n) is 4.79. The van der Waals surface area contributed by atoms with Crippen molar-refractivity contribution in [1.29, 1.82) is 0 Å². The third kappa shape index (κ3) is 1.22. The normalized spacial score (nSPS) is 33.8. The second kappa shape index (κ2) is 2.73. The van der Waals surface area contributed by atoms with Gasteiger partial charge in [0.25, 0.3) is 0 Å². The Kier molecular flexibility index (Phi) is 1.83. The molecule has 2 rings (SSSR count). The summed E-state index contributed by atoms with van der Waals surface area (Å²) in [5.74, 6) is 0.183. The first kappa shape index (κ1) is 8.05. The quantitative estimate of drug-likeness (QED) is 0.600. The van der Waals surface area contributed by atoms with E-state index in [1.807, 2.05) is 0 Å². The number of piperidine rings is 1. The maximum Gasteiger partial charge on any atom is 0.220 e. The van der Waals surface area contributed by atoms with E-state index in [-0.39, 0.29) is 17.5 Å². The minimum Gasteiger partial charge on any atom is -0.352 e. The highest BCUT2D eigenvalue weighted by molar-refractivity contribution is 5.77. The lowest BCUT2D eigenvalue weighted by Crippen LogP contribution is -2.63. The summed E-state index contributed by atoms with van der Waals surface area (Å²) >= 11 is 0. The summed E-state index contributed by atoms with van der Waals surface area (Å²) < 4.78 is 0. The fourth-order valence-corrected chi connectivity index (χ4v) is 2.17. The molecule has 1 heterocycles. The van der Waals surface area contributed by atoms with E-state index in [9.17, 15) is 4.79 Å². The molecular formula is C9H16N2O. The number of rotatable bonds is 1. The Morgan fingerprint density at radius 1 is 1.42 bits per heavy atom. The Balaban J connectivity index is 1.98. The number of hydrogen-bond acceptors (Lipinski definition) is 2. The van der Waals surface area contributed by atoms with Crippen molar-refractivity contribution >= 4 is 5.91 Å². The minimum absolute atomic E-state index is 0.0594. The molecule has 68 valence electrons. The summed E-state index contributed by atoms with van der Waals surface area (Å²) in [5.41, 5.74) is 6.07. The first-order chi connectivity index (χ1) is 5.71. The van der Waals surface area contributed by atoms with Crippen molar-refractivity contribution in [3.63, 3.8) is 0 Å². The Hall–Kier alpha value is -0.570. The summed E-state index contributed by atoms with van der Waals surface area (Å²) in [6, 6.07) is 0.257. The molecule has 1 unspecified atom stereocenters. The largest absolute Gasteiger partial charge is 0.352 e. The van der Waals surface area contributed by atoms with Gasteiger partial charge in [0, 0.05) is 18.0 Å². The molecule has 0 aromatic heterocycles. The predicted molar refractivity (Wildman–Crippen MR) is 46.6 cm³/mol. The Morgan fingerprint density at radius 2 is 2.17 bits per heavy atom. The van der Waals surface area contributed by atoms with E-state index >= 15 is 0 Å². The SMILES string of the molecule is NC1(C2CCCC(=O)N2)CCC1. The molecule has 1 aliphatic carbocycles. The summed E-state index contributed by atoms with van der Waals surface area (Å²) in [4.78, 5) is 11.1. The molecule has 1 saturated heterocycles. The number of carbonyl (C=O) groups excluding carboxylic acids is 1. The summed E-state index contributed by atoms with van der Waals surface area (Å²) in [6.07, 6.45) is 6.16. The van der Waals surface area contributed by atoms with Gasteiger partial charge in [0.2, 0.25) is 5.91 Å². The topological polar surface area (TPSA) is 55.1 Å². The van der Waals surface area contributed by atoms with E-state index in [1.54, 1.807) is 0 Å². The average Bonchev–Trinajstić information content (AvgIpc) is 2.00. The number of nitrogens with two attached hydrogens (primary N) is 1. The number of hydrogen-bond donors (Lipinski definition) is 2. The van der Waals surface area contributed by atoms with Crippen molar-refractivity contribution in [3.05, 3.63) is 0 Å². The molecule has 2 fully saturated rings. The van der Waals surface area contributed by atoms with E-state index < -0.39 is 0 Å². The molecule has 0 bridgehead atoms. The van der Waals surface area contributed by atoms with Crippen LogP contribution in [0.2, 0.25) is 0 Å². The van der Waals surface area contributed by atoms with Crippen molar-refractivity contribution in [2.45, 2.75) is 50.1 Å². The lowest BCUT2D eigenvalue weighted by atomic mass is 9.70. The molecule has 0 spiro atoms. The summed E-state index contributed by atoms with van der Waals surface area (Å²) in [6.45, 7) is 0. The van der Waals surface area contributed by atoms with Gasteiger partial charge in [-0.2, -0.15) is 0 Å².